The third-order valence-corrected chi connectivity index (χ3v) is 2.38. The van der Waals surface area contributed by atoms with Crippen LogP contribution >= 0.6 is 0 Å². The number of aryl methyl sites for hydroxylation is 2. The average molecular weight is 204 g/mol. The third kappa shape index (κ3) is 1.58. The Morgan fingerprint density at radius 1 is 1.07 bits per heavy atom. The van der Waals surface area contributed by atoms with E-state index in [-0.39, 0.29) is 5.75 Å². The minimum Gasteiger partial charge on any atom is -0.504 e. The number of aromatic nitrogens is 2. The topological polar surface area (TPSA) is 55.2 Å². The van der Waals surface area contributed by atoms with Crippen LogP contribution in [0.15, 0.2) is 12.1 Å². The highest BCUT2D eigenvalue weighted by atomic mass is 16.5. The lowest BCUT2D eigenvalue weighted by Gasteiger charge is -2.06. The van der Waals surface area contributed by atoms with Crippen molar-refractivity contribution >= 4 is 11.0 Å². The number of hydrogen-bond donors (Lipinski definition) is 1. The van der Waals surface area contributed by atoms with Gasteiger partial charge in [0.25, 0.3) is 0 Å². The van der Waals surface area contributed by atoms with Gasteiger partial charge < -0.3 is 9.84 Å². The number of fused-ring (bicyclic) bond motifs is 1. The van der Waals surface area contributed by atoms with Crippen molar-refractivity contribution in [2.45, 2.75) is 13.8 Å². The monoisotopic (exact) mass is 204 g/mol. The van der Waals surface area contributed by atoms with Crippen LogP contribution in [0.25, 0.3) is 11.0 Å². The molecule has 78 valence electrons. The van der Waals surface area contributed by atoms with E-state index in [0.29, 0.717) is 11.3 Å². The van der Waals surface area contributed by atoms with Gasteiger partial charge in [-0.05, 0) is 13.8 Å². The highest BCUT2D eigenvalue weighted by Gasteiger charge is 2.07. The molecule has 0 unspecified atom stereocenters. The van der Waals surface area contributed by atoms with Gasteiger partial charge in [-0.15, -0.1) is 0 Å². The largest absolute Gasteiger partial charge is 0.504 e. The van der Waals surface area contributed by atoms with E-state index in [9.17, 15) is 5.11 Å². The summed E-state index contributed by atoms with van der Waals surface area (Å²) in [5.74, 6) is 0.502. The number of ether oxygens (including phenoxy) is 1. The second-order valence-corrected chi connectivity index (χ2v) is 3.41. The molecular formula is C11H12N2O2. The summed E-state index contributed by atoms with van der Waals surface area (Å²) in [6.45, 7) is 3.80. The highest BCUT2D eigenvalue weighted by Crippen LogP contribution is 2.29. The molecule has 0 aliphatic rings. The molecule has 0 fully saturated rings. The first kappa shape index (κ1) is 9.71. The molecule has 15 heavy (non-hydrogen) atoms. The van der Waals surface area contributed by atoms with Gasteiger partial charge in [-0.1, -0.05) is 0 Å². The van der Waals surface area contributed by atoms with E-state index in [1.807, 2.05) is 13.8 Å². The predicted molar refractivity (Wildman–Crippen MR) is 57.2 cm³/mol. The number of nitrogens with zero attached hydrogens (tertiary/aromatic N) is 2. The van der Waals surface area contributed by atoms with E-state index in [1.165, 1.54) is 7.11 Å². The first-order chi connectivity index (χ1) is 7.11. The molecule has 0 amide bonds. The van der Waals surface area contributed by atoms with Gasteiger partial charge in [0.05, 0.1) is 29.5 Å². The maximum absolute atomic E-state index is 9.58. The van der Waals surface area contributed by atoms with Crippen LogP contribution in [-0.4, -0.2) is 22.2 Å². The van der Waals surface area contributed by atoms with Crippen molar-refractivity contribution in [3.63, 3.8) is 0 Å². The Balaban J connectivity index is 2.76. The van der Waals surface area contributed by atoms with Gasteiger partial charge >= 0.3 is 0 Å². The van der Waals surface area contributed by atoms with Crippen LogP contribution in [-0.2, 0) is 0 Å². The minimum absolute atomic E-state index is 0.0857. The molecule has 0 bridgehead atoms. The van der Waals surface area contributed by atoms with Crippen LogP contribution in [0, 0.1) is 13.8 Å². The van der Waals surface area contributed by atoms with Crippen LogP contribution in [0.5, 0.6) is 11.5 Å². The van der Waals surface area contributed by atoms with E-state index < -0.39 is 0 Å². The van der Waals surface area contributed by atoms with Crippen LogP contribution in [0.3, 0.4) is 0 Å². The van der Waals surface area contributed by atoms with Crippen molar-refractivity contribution in [2.24, 2.45) is 0 Å². The Kier molecular flexibility index (Phi) is 2.19. The molecular weight excluding hydrogens is 192 g/mol. The third-order valence-electron chi connectivity index (χ3n) is 2.38. The zero-order valence-corrected chi connectivity index (χ0v) is 8.90. The smallest absolute Gasteiger partial charge is 0.162 e. The number of benzene rings is 1. The number of methoxy groups -OCH3 is 1. The fourth-order valence-electron chi connectivity index (χ4n) is 1.41. The van der Waals surface area contributed by atoms with Crippen molar-refractivity contribution in [1.29, 1.82) is 0 Å². The molecule has 1 aromatic heterocycles. The summed E-state index contributed by atoms with van der Waals surface area (Å²) in [6.07, 6.45) is 0. The number of phenolic OH excluding ortho intramolecular Hbond substituents is 1. The SMILES string of the molecule is COc1cc2nc(C)c(C)nc2cc1O. The van der Waals surface area contributed by atoms with Crippen LogP contribution in [0.4, 0.5) is 0 Å². The summed E-state index contributed by atoms with van der Waals surface area (Å²) >= 11 is 0. The van der Waals surface area contributed by atoms with E-state index >= 15 is 0 Å². The Morgan fingerprint density at radius 2 is 1.60 bits per heavy atom. The van der Waals surface area contributed by atoms with Crippen LogP contribution in [0.1, 0.15) is 11.4 Å². The van der Waals surface area contributed by atoms with Gasteiger partial charge in [-0.25, -0.2) is 9.97 Å². The summed E-state index contributed by atoms with van der Waals surface area (Å²) < 4.78 is 5.01. The summed E-state index contributed by atoms with van der Waals surface area (Å²) in [6, 6.07) is 3.25. The molecule has 2 rings (SSSR count). The summed E-state index contributed by atoms with van der Waals surface area (Å²) in [4.78, 5) is 8.70. The van der Waals surface area contributed by atoms with Gasteiger partial charge in [0.15, 0.2) is 11.5 Å². The lowest BCUT2D eigenvalue weighted by molar-refractivity contribution is 0.374. The van der Waals surface area contributed by atoms with Crippen LogP contribution < -0.4 is 4.74 Å². The molecule has 1 heterocycles. The summed E-state index contributed by atoms with van der Waals surface area (Å²) in [5, 5.41) is 9.58. The Bertz CT molecular complexity index is 523. The molecule has 2 aromatic rings. The van der Waals surface area contributed by atoms with E-state index in [0.717, 1.165) is 16.9 Å². The number of aromatic hydroxyl groups is 1. The molecule has 4 nitrogen and oxygen atoms in total. The van der Waals surface area contributed by atoms with Crippen molar-refractivity contribution < 1.29 is 9.84 Å². The lowest BCUT2D eigenvalue weighted by Crippen LogP contribution is -1.94. The summed E-state index contributed by atoms with van der Waals surface area (Å²) in [5.41, 5.74) is 3.16. The van der Waals surface area contributed by atoms with Crippen molar-refractivity contribution in [1.82, 2.24) is 9.97 Å². The molecule has 0 spiro atoms. The van der Waals surface area contributed by atoms with Crippen molar-refractivity contribution in [3.8, 4) is 11.5 Å². The quantitative estimate of drug-likeness (QED) is 0.771. The van der Waals surface area contributed by atoms with E-state index in [1.54, 1.807) is 12.1 Å². The van der Waals surface area contributed by atoms with Gasteiger partial charge in [0.1, 0.15) is 0 Å². The lowest BCUT2D eigenvalue weighted by atomic mass is 10.2. The molecule has 1 N–H and O–H groups in total. The van der Waals surface area contributed by atoms with Crippen molar-refractivity contribution in [2.75, 3.05) is 7.11 Å². The van der Waals surface area contributed by atoms with E-state index in [4.69, 9.17) is 4.74 Å². The van der Waals surface area contributed by atoms with E-state index in [2.05, 4.69) is 9.97 Å². The first-order valence-electron chi connectivity index (χ1n) is 4.64. The molecule has 1 aromatic carbocycles. The maximum Gasteiger partial charge on any atom is 0.162 e. The number of rotatable bonds is 1. The number of hydrogen-bond acceptors (Lipinski definition) is 4. The standard InChI is InChI=1S/C11H12N2O2/c1-6-7(2)13-9-5-11(15-3)10(14)4-8(9)12-6/h4-5,14H,1-3H3. The second kappa shape index (κ2) is 3.38. The zero-order chi connectivity index (χ0) is 11.0. The van der Waals surface area contributed by atoms with Gasteiger partial charge in [-0.3, -0.25) is 0 Å². The molecule has 4 heteroatoms. The first-order valence-corrected chi connectivity index (χ1v) is 4.64. The van der Waals surface area contributed by atoms with Gasteiger partial charge in [-0.2, -0.15) is 0 Å². The fourth-order valence-corrected chi connectivity index (χ4v) is 1.41. The Labute approximate surface area is 87.6 Å². The Morgan fingerprint density at radius 3 is 2.13 bits per heavy atom. The van der Waals surface area contributed by atoms with Crippen LogP contribution in [0.2, 0.25) is 0 Å². The van der Waals surface area contributed by atoms with Gasteiger partial charge in [0.2, 0.25) is 0 Å². The average Bonchev–Trinajstić information content (AvgIpc) is 2.20. The highest BCUT2D eigenvalue weighted by molar-refractivity contribution is 5.79. The predicted octanol–water partition coefficient (Wildman–Crippen LogP) is 1.96. The molecule has 0 atom stereocenters. The fraction of sp³-hybridized carbons (Fsp3) is 0.273. The number of phenols is 1. The summed E-state index contributed by atoms with van der Waals surface area (Å²) in [7, 11) is 1.51. The molecule has 0 saturated heterocycles. The normalized spacial score (nSPS) is 10.6. The molecule has 0 aliphatic heterocycles. The second-order valence-electron chi connectivity index (χ2n) is 3.41. The minimum atomic E-state index is 0.0857. The molecule has 0 aliphatic carbocycles. The molecule has 0 saturated carbocycles. The molecule has 0 radical (unpaired) electrons. The maximum atomic E-state index is 9.58. The van der Waals surface area contributed by atoms with Crippen molar-refractivity contribution in [3.05, 3.63) is 23.5 Å². The Hall–Kier alpha value is -1.84. The van der Waals surface area contributed by atoms with Gasteiger partial charge in [0, 0.05) is 12.1 Å². The zero-order valence-electron chi connectivity index (χ0n) is 8.90.